The maximum absolute atomic E-state index is 13.3. The molecule has 4 rings (SSSR count). The number of nitrogens with one attached hydrogen (secondary N) is 3. The fourth-order valence-corrected chi connectivity index (χ4v) is 3.95. The van der Waals surface area contributed by atoms with Gasteiger partial charge in [-0.25, -0.2) is 0 Å². The molecule has 0 atom stereocenters. The molecule has 0 radical (unpaired) electrons. The molecule has 0 aliphatic heterocycles. The first-order chi connectivity index (χ1) is 13.3. The summed E-state index contributed by atoms with van der Waals surface area (Å²) in [6.45, 7) is -0.340. The predicted octanol–water partition coefficient (Wildman–Crippen LogP) is 3.21. The van der Waals surface area contributed by atoms with Crippen molar-refractivity contribution in [2.24, 2.45) is 0 Å². The van der Waals surface area contributed by atoms with Gasteiger partial charge in [0.15, 0.2) is 5.69 Å². The zero-order valence-electron chi connectivity index (χ0n) is 15.1. The van der Waals surface area contributed by atoms with Gasteiger partial charge < -0.3 is 10.3 Å². The van der Waals surface area contributed by atoms with Crippen LogP contribution in [0.25, 0.3) is 6.08 Å². The van der Waals surface area contributed by atoms with Crippen LogP contribution in [0.1, 0.15) is 53.0 Å². The van der Waals surface area contributed by atoms with Gasteiger partial charge in [-0.1, -0.05) is 6.08 Å². The van der Waals surface area contributed by atoms with Gasteiger partial charge in [0.1, 0.15) is 12.4 Å². The topological polar surface area (TPSA) is 86.6 Å². The van der Waals surface area contributed by atoms with E-state index in [4.69, 9.17) is 5.41 Å². The number of aromatic nitrogens is 3. The van der Waals surface area contributed by atoms with Gasteiger partial charge in [-0.05, 0) is 50.2 Å². The molecule has 0 aromatic carbocycles. The zero-order chi connectivity index (χ0) is 19.9. The van der Waals surface area contributed by atoms with Crippen molar-refractivity contribution in [2.45, 2.75) is 51.2 Å². The molecule has 28 heavy (non-hydrogen) atoms. The van der Waals surface area contributed by atoms with Gasteiger partial charge >= 0.3 is 6.18 Å². The molecule has 0 fully saturated rings. The van der Waals surface area contributed by atoms with Crippen LogP contribution in [0.2, 0.25) is 0 Å². The van der Waals surface area contributed by atoms with Gasteiger partial charge in [0.25, 0.3) is 0 Å². The number of amidine groups is 1. The highest BCUT2D eigenvalue weighted by Crippen LogP contribution is 2.35. The second-order valence-corrected chi connectivity index (χ2v) is 7.10. The second-order valence-electron chi connectivity index (χ2n) is 7.10. The Balaban J connectivity index is 1.51. The van der Waals surface area contributed by atoms with E-state index in [0.717, 1.165) is 35.2 Å². The van der Waals surface area contributed by atoms with Crippen molar-refractivity contribution in [2.75, 3.05) is 0 Å². The Kier molecular flexibility index (Phi) is 4.60. The molecule has 6 nitrogen and oxygen atoms in total. The van der Waals surface area contributed by atoms with Gasteiger partial charge in [-0.3, -0.25) is 14.9 Å². The second kappa shape index (κ2) is 6.96. The molecule has 0 spiro atoms. The minimum Gasteiger partial charge on any atom is -0.361 e. The van der Waals surface area contributed by atoms with Crippen LogP contribution in [0, 0.1) is 5.41 Å². The lowest BCUT2D eigenvalue weighted by molar-refractivity contribution is -0.142. The predicted molar refractivity (Wildman–Crippen MR) is 97.0 cm³/mol. The van der Waals surface area contributed by atoms with Crippen molar-refractivity contribution >= 4 is 17.8 Å². The van der Waals surface area contributed by atoms with Crippen molar-refractivity contribution in [1.29, 1.82) is 5.41 Å². The highest BCUT2D eigenvalue weighted by atomic mass is 19.4. The maximum Gasteiger partial charge on any atom is 0.435 e. The molecule has 0 unspecified atom stereocenters. The number of fused-ring (bicyclic) bond motifs is 2. The number of amides is 1. The van der Waals surface area contributed by atoms with E-state index in [1.807, 2.05) is 12.2 Å². The monoisotopic (exact) mass is 391 g/mol. The Morgan fingerprint density at radius 1 is 1.25 bits per heavy atom. The van der Waals surface area contributed by atoms with Crippen LogP contribution in [0.3, 0.4) is 0 Å². The number of hydrogen-bond acceptors (Lipinski definition) is 3. The van der Waals surface area contributed by atoms with Gasteiger partial charge in [0.2, 0.25) is 5.91 Å². The number of aromatic amines is 1. The van der Waals surface area contributed by atoms with Crippen LogP contribution in [-0.4, -0.2) is 26.5 Å². The lowest BCUT2D eigenvalue weighted by atomic mass is 9.95. The highest BCUT2D eigenvalue weighted by Gasteiger charge is 2.39. The molecular weight excluding hydrogens is 371 g/mol. The fraction of sp³-hybridized carbons (Fsp3) is 0.421. The summed E-state index contributed by atoms with van der Waals surface area (Å²) < 4.78 is 40.9. The lowest BCUT2D eigenvalue weighted by Crippen LogP contribution is -2.34. The number of hydrogen-bond donors (Lipinski definition) is 3. The molecule has 0 bridgehead atoms. The normalized spacial score (nSPS) is 15.8. The van der Waals surface area contributed by atoms with Crippen LogP contribution >= 0.6 is 0 Å². The number of carbonyl (C=O) groups excluding carboxylic acids is 1. The van der Waals surface area contributed by atoms with Crippen LogP contribution < -0.4 is 5.32 Å². The molecule has 0 saturated heterocycles. The Hall–Kier alpha value is -2.84. The van der Waals surface area contributed by atoms with Gasteiger partial charge in [0, 0.05) is 28.7 Å². The Morgan fingerprint density at radius 3 is 2.82 bits per heavy atom. The molecule has 0 saturated carbocycles. The van der Waals surface area contributed by atoms with E-state index in [1.54, 1.807) is 6.20 Å². The number of carbonyl (C=O) groups is 1. The summed E-state index contributed by atoms with van der Waals surface area (Å²) in [6, 6.07) is 0. The average molecular weight is 391 g/mol. The highest BCUT2D eigenvalue weighted by molar-refractivity contribution is 6.07. The number of rotatable bonds is 3. The first-order valence-corrected chi connectivity index (χ1v) is 9.26. The lowest BCUT2D eigenvalue weighted by Gasteiger charge is -2.15. The number of allylic oxidation sites excluding steroid dienone is 1. The summed E-state index contributed by atoms with van der Waals surface area (Å²) in [5, 5.41) is 14.4. The summed E-state index contributed by atoms with van der Waals surface area (Å²) in [7, 11) is 0. The zero-order valence-corrected chi connectivity index (χ0v) is 15.1. The largest absolute Gasteiger partial charge is 0.435 e. The number of alkyl halides is 3. The molecule has 3 N–H and O–H groups in total. The quantitative estimate of drug-likeness (QED) is 0.554. The smallest absolute Gasteiger partial charge is 0.361 e. The van der Waals surface area contributed by atoms with E-state index >= 15 is 0 Å². The van der Waals surface area contributed by atoms with Gasteiger partial charge in [0.05, 0.1) is 0 Å². The fourth-order valence-electron chi connectivity index (χ4n) is 3.95. The Morgan fingerprint density at radius 2 is 2.04 bits per heavy atom. The third kappa shape index (κ3) is 3.36. The van der Waals surface area contributed by atoms with Crippen molar-refractivity contribution in [3.63, 3.8) is 0 Å². The first-order valence-electron chi connectivity index (χ1n) is 9.26. The van der Waals surface area contributed by atoms with E-state index in [2.05, 4.69) is 15.4 Å². The third-order valence-electron chi connectivity index (χ3n) is 5.22. The molecule has 2 aliphatic rings. The number of halogens is 3. The Labute approximate surface area is 159 Å². The average Bonchev–Trinajstić information content (AvgIpc) is 3.23. The van der Waals surface area contributed by atoms with Crippen LogP contribution in [0.15, 0.2) is 12.3 Å². The molecule has 1 amide bonds. The van der Waals surface area contributed by atoms with Crippen molar-refractivity contribution in [1.82, 2.24) is 20.1 Å². The summed E-state index contributed by atoms with van der Waals surface area (Å²) in [5.74, 6) is -0.620. The summed E-state index contributed by atoms with van der Waals surface area (Å²) in [5.41, 5.74) is 2.26. The number of nitrogens with zero attached hydrogens (tertiary/aromatic N) is 2. The van der Waals surface area contributed by atoms with E-state index in [-0.39, 0.29) is 17.9 Å². The molecule has 2 aliphatic carbocycles. The van der Waals surface area contributed by atoms with Crippen LogP contribution in [-0.2, 0) is 36.8 Å². The first kappa shape index (κ1) is 18.5. The third-order valence-corrected chi connectivity index (χ3v) is 5.22. The van der Waals surface area contributed by atoms with Crippen molar-refractivity contribution < 1.29 is 18.0 Å². The molecule has 2 aromatic rings. The van der Waals surface area contributed by atoms with Crippen molar-refractivity contribution in [3.8, 4) is 0 Å². The van der Waals surface area contributed by atoms with E-state index in [1.165, 1.54) is 0 Å². The molecule has 2 aromatic heterocycles. The van der Waals surface area contributed by atoms with Crippen molar-refractivity contribution in [3.05, 3.63) is 46.0 Å². The van der Waals surface area contributed by atoms with E-state index in [9.17, 15) is 18.0 Å². The van der Waals surface area contributed by atoms with Crippen LogP contribution in [0.5, 0.6) is 0 Å². The van der Waals surface area contributed by atoms with Gasteiger partial charge in [-0.15, -0.1) is 0 Å². The van der Waals surface area contributed by atoms with Gasteiger partial charge in [-0.2, -0.15) is 18.3 Å². The summed E-state index contributed by atoms with van der Waals surface area (Å²) in [6.07, 6.45) is 4.99. The summed E-state index contributed by atoms with van der Waals surface area (Å²) in [4.78, 5) is 15.5. The Bertz CT molecular complexity index is 967. The number of H-pyrrole nitrogens is 1. The maximum atomic E-state index is 13.3. The molecule has 148 valence electrons. The minimum atomic E-state index is -4.53. The van der Waals surface area contributed by atoms with E-state index in [0.29, 0.717) is 30.5 Å². The molecular formula is C19H20F3N5O. The SMILES string of the molecule is N=C(NC(=O)Cn1nc(C(F)(F)F)c2c1CCCC2)c1c[nH]c2c1CCC=C2. The minimum absolute atomic E-state index is 0.0603. The standard InChI is InChI=1S/C19H20F3N5O/c20-19(21,22)17-12-6-2-4-8-15(12)27(26-17)10-16(28)25-18(23)13-9-24-14-7-3-1-5-11(13)14/h3,7,9,24H,1-2,4-6,8,10H2,(H2,23,25,28). The molecule has 9 heteroatoms. The van der Waals surface area contributed by atoms with Crippen LogP contribution in [0.4, 0.5) is 13.2 Å². The van der Waals surface area contributed by atoms with E-state index < -0.39 is 17.8 Å². The molecule has 2 heterocycles. The summed E-state index contributed by atoms with van der Waals surface area (Å²) >= 11 is 0.